The maximum atomic E-state index is 11.8. The van der Waals surface area contributed by atoms with Gasteiger partial charge < -0.3 is 14.6 Å². The lowest BCUT2D eigenvalue weighted by molar-refractivity contribution is 0.0635. The van der Waals surface area contributed by atoms with E-state index in [0.717, 1.165) is 5.56 Å². The van der Waals surface area contributed by atoms with E-state index in [1.807, 2.05) is 13.0 Å². The molecule has 0 aromatic heterocycles. The van der Waals surface area contributed by atoms with Crippen LogP contribution >= 0.6 is 0 Å². The molecule has 1 rings (SSSR count). The van der Waals surface area contributed by atoms with Gasteiger partial charge in [-0.3, -0.25) is 5.32 Å². The van der Waals surface area contributed by atoms with E-state index in [9.17, 15) is 9.90 Å². The Morgan fingerprint density at radius 1 is 1.40 bits per heavy atom. The lowest BCUT2D eigenvalue weighted by atomic mass is 10.0. The van der Waals surface area contributed by atoms with Gasteiger partial charge in [0.25, 0.3) is 0 Å². The van der Waals surface area contributed by atoms with Crippen LogP contribution in [0.5, 0.6) is 5.75 Å². The highest BCUT2D eigenvalue weighted by molar-refractivity contribution is 5.87. The van der Waals surface area contributed by atoms with Crippen LogP contribution in [0.2, 0.25) is 0 Å². The number of hydrogen-bond acceptors (Lipinski definition) is 4. The van der Waals surface area contributed by atoms with Crippen LogP contribution in [0.25, 0.3) is 0 Å². The lowest BCUT2D eigenvalue weighted by Crippen LogP contribution is -2.27. The number of anilines is 1. The van der Waals surface area contributed by atoms with Crippen molar-refractivity contribution in [3.63, 3.8) is 0 Å². The van der Waals surface area contributed by atoms with E-state index in [4.69, 9.17) is 9.47 Å². The predicted octanol–water partition coefficient (Wildman–Crippen LogP) is 3.14. The van der Waals surface area contributed by atoms with E-state index in [2.05, 4.69) is 5.32 Å². The molecule has 0 spiro atoms. The van der Waals surface area contributed by atoms with Gasteiger partial charge in [-0.1, -0.05) is 13.0 Å². The van der Waals surface area contributed by atoms with Crippen LogP contribution in [-0.2, 0) is 4.74 Å². The first kappa shape index (κ1) is 16.3. The second-order valence-electron chi connectivity index (χ2n) is 5.67. The van der Waals surface area contributed by atoms with Crippen LogP contribution in [0, 0.1) is 0 Å². The van der Waals surface area contributed by atoms with Gasteiger partial charge in [0.2, 0.25) is 0 Å². The minimum atomic E-state index is -0.562. The van der Waals surface area contributed by atoms with E-state index >= 15 is 0 Å². The van der Waals surface area contributed by atoms with Crippen molar-refractivity contribution in [2.24, 2.45) is 0 Å². The maximum absolute atomic E-state index is 11.8. The molecule has 2 N–H and O–H groups in total. The Bertz CT molecular complexity index is 465. The van der Waals surface area contributed by atoms with Crippen LogP contribution in [0.15, 0.2) is 18.2 Å². The summed E-state index contributed by atoms with van der Waals surface area (Å²) >= 11 is 0. The molecule has 0 aliphatic carbocycles. The number of aliphatic hydroxyl groups excluding tert-OH is 1. The molecular weight excluding hydrogens is 258 g/mol. The van der Waals surface area contributed by atoms with E-state index in [1.165, 1.54) is 7.11 Å². The number of hydrogen-bond donors (Lipinski definition) is 2. The molecule has 0 fully saturated rings. The normalized spacial score (nSPS) is 12.7. The number of aliphatic hydroxyl groups is 1. The number of methoxy groups -OCH3 is 1. The third-order valence-electron chi connectivity index (χ3n) is 2.70. The monoisotopic (exact) mass is 281 g/mol. The van der Waals surface area contributed by atoms with Gasteiger partial charge in [0.15, 0.2) is 0 Å². The van der Waals surface area contributed by atoms with E-state index in [1.54, 1.807) is 32.9 Å². The molecule has 5 heteroatoms. The molecule has 1 aromatic rings. The summed E-state index contributed by atoms with van der Waals surface area (Å²) in [6, 6.07) is 5.40. The molecule has 0 aliphatic rings. The summed E-state index contributed by atoms with van der Waals surface area (Å²) in [4.78, 5) is 11.8. The van der Waals surface area contributed by atoms with Crippen molar-refractivity contribution in [3.8, 4) is 5.75 Å². The molecular formula is C15H23NO4. The Morgan fingerprint density at radius 3 is 2.55 bits per heavy atom. The van der Waals surface area contributed by atoms with E-state index in [0.29, 0.717) is 11.4 Å². The van der Waals surface area contributed by atoms with E-state index < -0.39 is 11.7 Å². The molecule has 0 radical (unpaired) electrons. The molecule has 1 atom stereocenters. The molecule has 0 bridgehead atoms. The Labute approximate surface area is 119 Å². The Balaban J connectivity index is 2.94. The number of nitrogens with one attached hydrogen (secondary N) is 1. The molecule has 0 heterocycles. The van der Waals surface area contributed by atoms with Crippen molar-refractivity contribution < 1.29 is 19.4 Å². The zero-order valence-electron chi connectivity index (χ0n) is 12.7. The van der Waals surface area contributed by atoms with Crippen molar-refractivity contribution in [1.82, 2.24) is 0 Å². The molecule has 0 saturated carbocycles. The quantitative estimate of drug-likeness (QED) is 0.889. The number of rotatable bonds is 4. The van der Waals surface area contributed by atoms with Crippen LogP contribution < -0.4 is 10.1 Å². The van der Waals surface area contributed by atoms with Crippen LogP contribution in [0.4, 0.5) is 10.5 Å². The molecule has 112 valence electrons. The Kier molecular flexibility index (Phi) is 5.39. The largest absolute Gasteiger partial charge is 0.495 e. The summed E-state index contributed by atoms with van der Waals surface area (Å²) < 4.78 is 10.4. The minimum Gasteiger partial charge on any atom is -0.495 e. The summed E-state index contributed by atoms with van der Waals surface area (Å²) in [6.45, 7) is 7.34. The average molecular weight is 281 g/mol. The third kappa shape index (κ3) is 4.74. The molecule has 1 aromatic carbocycles. The fourth-order valence-electron chi connectivity index (χ4n) is 1.65. The van der Waals surface area contributed by atoms with Crippen LogP contribution in [-0.4, -0.2) is 30.5 Å². The zero-order valence-corrected chi connectivity index (χ0v) is 12.7. The summed E-state index contributed by atoms with van der Waals surface area (Å²) in [6.07, 6.45) is -0.537. The SMILES string of the molecule is COc1ccc(C(C)CO)cc1NC(=O)OC(C)(C)C. The Morgan fingerprint density at radius 2 is 2.05 bits per heavy atom. The van der Waals surface area contributed by atoms with Gasteiger partial charge in [-0.05, 0) is 38.5 Å². The Hall–Kier alpha value is -1.75. The van der Waals surface area contributed by atoms with E-state index in [-0.39, 0.29) is 12.5 Å². The van der Waals surface area contributed by atoms with Crippen molar-refractivity contribution in [1.29, 1.82) is 0 Å². The highest BCUT2D eigenvalue weighted by atomic mass is 16.6. The summed E-state index contributed by atoms with van der Waals surface area (Å²) in [5.41, 5.74) is 0.881. The fraction of sp³-hybridized carbons (Fsp3) is 0.533. The van der Waals surface area contributed by atoms with Crippen molar-refractivity contribution in [2.45, 2.75) is 39.2 Å². The van der Waals surface area contributed by atoms with Gasteiger partial charge in [-0.15, -0.1) is 0 Å². The molecule has 20 heavy (non-hydrogen) atoms. The molecule has 1 amide bonds. The van der Waals surface area contributed by atoms with Crippen molar-refractivity contribution >= 4 is 11.8 Å². The second kappa shape index (κ2) is 6.61. The van der Waals surface area contributed by atoms with Crippen molar-refractivity contribution in [3.05, 3.63) is 23.8 Å². The van der Waals surface area contributed by atoms with Crippen LogP contribution in [0.3, 0.4) is 0 Å². The lowest BCUT2D eigenvalue weighted by Gasteiger charge is -2.21. The molecule has 5 nitrogen and oxygen atoms in total. The van der Waals surface area contributed by atoms with Gasteiger partial charge in [0, 0.05) is 12.5 Å². The number of amides is 1. The molecule has 0 saturated heterocycles. The zero-order chi connectivity index (χ0) is 15.3. The first-order valence-corrected chi connectivity index (χ1v) is 6.55. The molecule has 1 unspecified atom stereocenters. The number of carbonyl (C=O) groups is 1. The predicted molar refractivity (Wildman–Crippen MR) is 78.4 cm³/mol. The highest BCUT2D eigenvalue weighted by Gasteiger charge is 2.18. The number of carbonyl (C=O) groups excluding carboxylic acids is 1. The highest BCUT2D eigenvalue weighted by Crippen LogP contribution is 2.29. The smallest absolute Gasteiger partial charge is 0.412 e. The maximum Gasteiger partial charge on any atom is 0.412 e. The molecule has 0 aliphatic heterocycles. The average Bonchev–Trinajstić information content (AvgIpc) is 2.35. The first-order chi connectivity index (χ1) is 9.26. The summed E-state index contributed by atoms with van der Waals surface area (Å²) in [5, 5.41) is 11.9. The number of ether oxygens (including phenoxy) is 2. The minimum absolute atomic E-state index is 0.0138. The van der Waals surface area contributed by atoms with Gasteiger partial charge >= 0.3 is 6.09 Å². The van der Waals surface area contributed by atoms with Gasteiger partial charge in [-0.2, -0.15) is 0 Å². The first-order valence-electron chi connectivity index (χ1n) is 6.55. The third-order valence-corrected chi connectivity index (χ3v) is 2.70. The standard InChI is InChI=1S/C15H23NO4/c1-10(9-17)11-6-7-13(19-5)12(8-11)16-14(18)20-15(2,3)4/h6-8,10,17H,9H2,1-5H3,(H,16,18). The van der Waals surface area contributed by atoms with Gasteiger partial charge in [-0.25, -0.2) is 4.79 Å². The van der Waals surface area contributed by atoms with Crippen molar-refractivity contribution in [2.75, 3.05) is 19.0 Å². The number of benzene rings is 1. The summed E-state index contributed by atoms with van der Waals surface area (Å²) in [5.74, 6) is 0.532. The van der Waals surface area contributed by atoms with Gasteiger partial charge in [0.05, 0.1) is 12.8 Å². The topological polar surface area (TPSA) is 67.8 Å². The fourth-order valence-corrected chi connectivity index (χ4v) is 1.65. The van der Waals surface area contributed by atoms with Gasteiger partial charge in [0.1, 0.15) is 11.4 Å². The van der Waals surface area contributed by atoms with Crippen LogP contribution in [0.1, 0.15) is 39.2 Å². The second-order valence-corrected chi connectivity index (χ2v) is 5.67. The summed E-state index contributed by atoms with van der Waals surface area (Å²) in [7, 11) is 1.53.